The molecule has 2 heterocycles. The van der Waals surface area contributed by atoms with Crippen LogP contribution in [0.15, 0.2) is 71.8 Å². The van der Waals surface area contributed by atoms with Crippen molar-refractivity contribution in [3.63, 3.8) is 0 Å². The van der Waals surface area contributed by atoms with Crippen LogP contribution in [0.25, 0.3) is 11.2 Å². The number of imidazole rings is 1. The van der Waals surface area contributed by atoms with Gasteiger partial charge >= 0.3 is 0 Å². The molecule has 0 unspecified atom stereocenters. The van der Waals surface area contributed by atoms with Crippen LogP contribution in [-0.2, 0) is 23.1 Å². The summed E-state index contributed by atoms with van der Waals surface area (Å²) < 4.78 is 35.3. The maximum Gasteiger partial charge on any atom is 0.240 e. The number of aryl methyl sites for hydroxylation is 1. The minimum absolute atomic E-state index is 0.0521. The Morgan fingerprint density at radius 3 is 2.63 bits per heavy atom. The highest BCUT2D eigenvalue weighted by Gasteiger charge is 2.17. The molecule has 0 fully saturated rings. The fourth-order valence-electron chi connectivity index (χ4n) is 3.22. The number of ether oxygens (including phenoxy) is 1. The lowest BCUT2D eigenvalue weighted by Gasteiger charge is -2.11. The predicted octanol–water partition coefficient (Wildman–Crippen LogP) is 3.28. The molecule has 2 aromatic heterocycles. The van der Waals surface area contributed by atoms with Crippen molar-refractivity contribution in [3.8, 4) is 5.75 Å². The molecule has 0 aliphatic heterocycles. The summed E-state index contributed by atoms with van der Waals surface area (Å²) in [6, 6.07) is 18.1. The topological polar surface area (TPSA) is 86.1 Å². The lowest BCUT2D eigenvalue weighted by molar-refractivity contribution is 0.414. The number of benzene rings is 2. The molecule has 0 amide bonds. The molecule has 30 heavy (non-hydrogen) atoms. The standard InChI is InChI=1S/C22H22N4O3S/c1-16-8-10-19(11-9-16)30(27,28)24-14-21-25-20-7-4-12-23-22(20)26(21)15-17-5-3-6-18(13-17)29-2/h3-13,24H,14-15H2,1-2H3. The zero-order chi connectivity index (χ0) is 21.1. The molecule has 0 aliphatic carbocycles. The van der Waals surface area contributed by atoms with Gasteiger partial charge in [0, 0.05) is 6.20 Å². The van der Waals surface area contributed by atoms with Gasteiger partial charge in [0.1, 0.15) is 17.1 Å². The fourth-order valence-corrected chi connectivity index (χ4v) is 4.20. The molecule has 8 heteroatoms. The van der Waals surface area contributed by atoms with Crippen molar-refractivity contribution in [2.45, 2.75) is 24.9 Å². The molecule has 4 aromatic rings. The summed E-state index contributed by atoms with van der Waals surface area (Å²) in [5.41, 5.74) is 3.41. The molecular formula is C22H22N4O3S. The van der Waals surface area contributed by atoms with E-state index in [9.17, 15) is 8.42 Å². The monoisotopic (exact) mass is 422 g/mol. The lowest BCUT2D eigenvalue weighted by atomic mass is 10.2. The second-order valence-corrected chi connectivity index (χ2v) is 8.72. The Morgan fingerprint density at radius 1 is 1.07 bits per heavy atom. The SMILES string of the molecule is COc1cccc(Cn2c(CNS(=O)(=O)c3ccc(C)cc3)nc3cccnc32)c1. The molecule has 1 N–H and O–H groups in total. The van der Waals surface area contributed by atoms with E-state index in [0.29, 0.717) is 23.5 Å². The maximum absolute atomic E-state index is 12.7. The van der Waals surface area contributed by atoms with Crippen molar-refractivity contribution in [3.05, 3.63) is 83.8 Å². The number of nitrogens with one attached hydrogen (secondary N) is 1. The van der Waals surface area contributed by atoms with E-state index in [1.807, 2.05) is 47.9 Å². The first-order valence-electron chi connectivity index (χ1n) is 9.46. The van der Waals surface area contributed by atoms with Gasteiger partial charge in [0.05, 0.1) is 25.1 Å². The van der Waals surface area contributed by atoms with Crippen molar-refractivity contribution in [1.29, 1.82) is 0 Å². The van der Waals surface area contributed by atoms with E-state index < -0.39 is 10.0 Å². The molecule has 0 radical (unpaired) electrons. The van der Waals surface area contributed by atoms with Gasteiger partial charge in [0.2, 0.25) is 10.0 Å². The van der Waals surface area contributed by atoms with Crippen LogP contribution in [-0.4, -0.2) is 30.1 Å². The first kappa shape index (κ1) is 20.1. The van der Waals surface area contributed by atoms with Crippen LogP contribution in [0, 0.1) is 6.92 Å². The molecule has 0 bridgehead atoms. The molecule has 0 saturated heterocycles. The van der Waals surface area contributed by atoms with Crippen LogP contribution in [0.4, 0.5) is 0 Å². The van der Waals surface area contributed by atoms with E-state index in [1.54, 1.807) is 37.6 Å². The third kappa shape index (κ3) is 4.19. The van der Waals surface area contributed by atoms with E-state index in [-0.39, 0.29) is 11.4 Å². The van der Waals surface area contributed by atoms with Gasteiger partial charge in [0.15, 0.2) is 5.65 Å². The Kier molecular flexibility index (Phi) is 5.52. The average Bonchev–Trinajstić information content (AvgIpc) is 3.10. The van der Waals surface area contributed by atoms with E-state index in [2.05, 4.69) is 14.7 Å². The Labute approximate surface area is 175 Å². The third-order valence-corrected chi connectivity index (χ3v) is 6.23. The van der Waals surface area contributed by atoms with Gasteiger partial charge in [-0.3, -0.25) is 0 Å². The highest BCUT2D eigenvalue weighted by Crippen LogP contribution is 2.19. The minimum atomic E-state index is -3.66. The van der Waals surface area contributed by atoms with Crippen LogP contribution in [0.5, 0.6) is 5.75 Å². The van der Waals surface area contributed by atoms with E-state index in [4.69, 9.17) is 4.74 Å². The summed E-state index contributed by atoms with van der Waals surface area (Å²) in [5, 5.41) is 0. The summed E-state index contributed by atoms with van der Waals surface area (Å²) in [6.45, 7) is 2.46. The number of rotatable bonds is 7. The molecule has 0 aliphatic rings. The van der Waals surface area contributed by atoms with E-state index >= 15 is 0 Å². The van der Waals surface area contributed by atoms with Gasteiger partial charge in [0.25, 0.3) is 0 Å². The summed E-state index contributed by atoms with van der Waals surface area (Å²) >= 11 is 0. The lowest BCUT2D eigenvalue weighted by Crippen LogP contribution is -2.25. The fraction of sp³-hybridized carbons (Fsp3) is 0.182. The molecular weight excluding hydrogens is 400 g/mol. The molecule has 0 atom stereocenters. The largest absolute Gasteiger partial charge is 0.497 e. The number of nitrogens with zero attached hydrogens (tertiary/aromatic N) is 3. The third-order valence-electron chi connectivity index (χ3n) is 4.81. The quantitative estimate of drug-likeness (QED) is 0.494. The zero-order valence-electron chi connectivity index (χ0n) is 16.7. The van der Waals surface area contributed by atoms with Crippen molar-refractivity contribution in [2.75, 3.05) is 7.11 Å². The molecule has 4 rings (SSSR count). The number of hydrogen-bond acceptors (Lipinski definition) is 5. The van der Waals surface area contributed by atoms with Gasteiger partial charge in [-0.1, -0.05) is 29.8 Å². The number of pyridine rings is 1. The van der Waals surface area contributed by atoms with Crippen molar-refractivity contribution in [1.82, 2.24) is 19.3 Å². The number of hydrogen-bond donors (Lipinski definition) is 1. The molecule has 7 nitrogen and oxygen atoms in total. The van der Waals surface area contributed by atoms with E-state index in [1.165, 1.54) is 0 Å². The zero-order valence-corrected chi connectivity index (χ0v) is 17.6. The molecule has 2 aromatic carbocycles. The Morgan fingerprint density at radius 2 is 1.87 bits per heavy atom. The van der Waals surface area contributed by atoms with E-state index in [0.717, 1.165) is 16.9 Å². The van der Waals surface area contributed by atoms with Crippen LogP contribution < -0.4 is 9.46 Å². The number of fused-ring (bicyclic) bond motifs is 1. The van der Waals surface area contributed by atoms with Gasteiger partial charge in [-0.05, 0) is 48.9 Å². The highest BCUT2D eigenvalue weighted by atomic mass is 32.2. The minimum Gasteiger partial charge on any atom is -0.497 e. The van der Waals surface area contributed by atoms with Crippen molar-refractivity contribution >= 4 is 21.2 Å². The van der Waals surface area contributed by atoms with Crippen LogP contribution in [0.1, 0.15) is 17.0 Å². The number of methoxy groups -OCH3 is 1. The smallest absolute Gasteiger partial charge is 0.240 e. The van der Waals surface area contributed by atoms with Crippen LogP contribution in [0.2, 0.25) is 0 Å². The average molecular weight is 423 g/mol. The second-order valence-electron chi connectivity index (χ2n) is 6.95. The van der Waals surface area contributed by atoms with Crippen LogP contribution in [0.3, 0.4) is 0 Å². The predicted molar refractivity (Wildman–Crippen MR) is 115 cm³/mol. The first-order chi connectivity index (χ1) is 14.5. The summed E-state index contributed by atoms with van der Waals surface area (Å²) in [7, 11) is -2.03. The molecule has 154 valence electrons. The first-order valence-corrected chi connectivity index (χ1v) is 10.9. The van der Waals surface area contributed by atoms with Crippen molar-refractivity contribution < 1.29 is 13.2 Å². The molecule has 0 saturated carbocycles. The summed E-state index contributed by atoms with van der Waals surface area (Å²) in [4.78, 5) is 9.27. The number of sulfonamides is 1. The highest BCUT2D eigenvalue weighted by molar-refractivity contribution is 7.89. The van der Waals surface area contributed by atoms with Gasteiger partial charge < -0.3 is 9.30 Å². The Balaban J connectivity index is 1.65. The maximum atomic E-state index is 12.7. The number of aromatic nitrogens is 3. The summed E-state index contributed by atoms with van der Waals surface area (Å²) in [5.74, 6) is 1.34. The summed E-state index contributed by atoms with van der Waals surface area (Å²) in [6.07, 6.45) is 1.70. The second kappa shape index (κ2) is 8.25. The Hall–Kier alpha value is -3.23. The normalized spacial score (nSPS) is 11.7. The van der Waals surface area contributed by atoms with Gasteiger partial charge in [-0.2, -0.15) is 0 Å². The van der Waals surface area contributed by atoms with Crippen LogP contribution >= 0.6 is 0 Å². The molecule has 0 spiro atoms. The van der Waals surface area contributed by atoms with Crippen molar-refractivity contribution in [2.24, 2.45) is 0 Å². The van der Waals surface area contributed by atoms with Gasteiger partial charge in [-0.25, -0.2) is 23.1 Å². The van der Waals surface area contributed by atoms with Gasteiger partial charge in [-0.15, -0.1) is 0 Å². The Bertz CT molecular complexity index is 1280.